The molecule has 0 saturated carbocycles. The van der Waals surface area contributed by atoms with Crippen LogP contribution in [0.5, 0.6) is 17.2 Å². The molecule has 0 fully saturated rings. The van der Waals surface area contributed by atoms with Crippen molar-refractivity contribution in [1.29, 1.82) is 0 Å². The summed E-state index contributed by atoms with van der Waals surface area (Å²) in [4.78, 5) is 12.4. The van der Waals surface area contributed by atoms with E-state index in [2.05, 4.69) is 11.4 Å². The van der Waals surface area contributed by atoms with E-state index in [9.17, 15) is 4.79 Å². The molecule has 152 valence electrons. The van der Waals surface area contributed by atoms with Crippen molar-refractivity contribution in [3.05, 3.63) is 52.6 Å². The monoisotopic (exact) mass is 385 g/mol. The molecule has 0 saturated heterocycles. The topological polar surface area (TPSA) is 56.8 Å². The smallest absolute Gasteiger partial charge is 0.260 e. The highest BCUT2D eigenvalue weighted by atomic mass is 16.5. The molecule has 28 heavy (non-hydrogen) atoms. The number of amides is 1. The molecule has 1 amide bonds. The number of nitrogens with one attached hydrogen (secondary N) is 1. The highest BCUT2D eigenvalue weighted by Gasteiger charge is 2.16. The lowest BCUT2D eigenvalue weighted by molar-refractivity contribution is -0.127. The molecule has 2 rings (SSSR count). The van der Waals surface area contributed by atoms with Crippen molar-refractivity contribution in [1.82, 2.24) is 5.32 Å². The Balaban J connectivity index is 1.82. The average molecular weight is 386 g/mol. The maximum absolute atomic E-state index is 12.4. The first-order valence-corrected chi connectivity index (χ1v) is 9.58. The van der Waals surface area contributed by atoms with E-state index in [0.717, 1.165) is 46.6 Å². The van der Waals surface area contributed by atoms with Crippen LogP contribution in [0.15, 0.2) is 30.3 Å². The van der Waals surface area contributed by atoms with Crippen molar-refractivity contribution in [2.24, 2.45) is 0 Å². The molecule has 0 aliphatic heterocycles. The van der Waals surface area contributed by atoms with Gasteiger partial charge in [0, 0.05) is 6.54 Å². The van der Waals surface area contributed by atoms with Crippen LogP contribution in [0.2, 0.25) is 0 Å². The van der Waals surface area contributed by atoms with Crippen LogP contribution in [0.3, 0.4) is 0 Å². The highest BCUT2D eigenvalue weighted by Crippen LogP contribution is 2.28. The molecule has 0 heterocycles. The lowest BCUT2D eigenvalue weighted by Gasteiger charge is -2.18. The van der Waals surface area contributed by atoms with Crippen LogP contribution in [0.1, 0.15) is 35.6 Å². The van der Waals surface area contributed by atoms with Gasteiger partial charge in [0.1, 0.15) is 5.75 Å². The minimum absolute atomic E-state index is 0.106. The normalized spacial score (nSPS) is 11.6. The fourth-order valence-electron chi connectivity index (χ4n) is 3.05. The van der Waals surface area contributed by atoms with Crippen molar-refractivity contribution < 1.29 is 19.0 Å². The number of hydrogen-bond acceptors (Lipinski definition) is 4. The minimum Gasteiger partial charge on any atom is -0.493 e. The first kappa shape index (κ1) is 21.6. The number of benzene rings is 2. The first-order chi connectivity index (χ1) is 13.3. The zero-order valence-corrected chi connectivity index (χ0v) is 17.7. The Kier molecular flexibility index (Phi) is 7.73. The molecule has 0 aliphatic rings. The number of rotatable bonds is 9. The van der Waals surface area contributed by atoms with Gasteiger partial charge in [-0.2, -0.15) is 0 Å². The fraction of sp³-hybridized carbons (Fsp3) is 0.435. The molecule has 0 bridgehead atoms. The third kappa shape index (κ3) is 5.65. The summed E-state index contributed by atoms with van der Waals surface area (Å²) in [6.45, 7) is 8.46. The van der Waals surface area contributed by atoms with E-state index in [1.165, 1.54) is 0 Å². The number of aryl methyl sites for hydroxylation is 3. The maximum Gasteiger partial charge on any atom is 0.260 e. The summed E-state index contributed by atoms with van der Waals surface area (Å²) < 4.78 is 16.5. The van der Waals surface area contributed by atoms with E-state index in [1.807, 2.05) is 45.0 Å². The summed E-state index contributed by atoms with van der Waals surface area (Å²) >= 11 is 0. The van der Waals surface area contributed by atoms with Crippen molar-refractivity contribution in [2.45, 2.75) is 46.6 Å². The van der Waals surface area contributed by atoms with Gasteiger partial charge in [0.25, 0.3) is 5.91 Å². The van der Waals surface area contributed by atoms with Gasteiger partial charge in [-0.3, -0.25) is 4.79 Å². The molecule has 1 atom stereocenters. The molecule has 1 N–H and O–H groups in total. The molecule has 5 nitrogen and oxygen atoms in total. The molecule has 0 aromatic heterocycles. The number of methoxy groups -OCH3 is 2. The van der Waals surface area contributed by atoms with Crippen LogP contribution in [0.4, 0.5) is 0 Å². The third-order valence-electron chi connectivity index (χ3n) is 4.83. The Morgan fingerprint density at radius 1 is 1.00 bits per heavy atom. The summed E-state index contributed by atoms with van der Waals surface area (Å²) in [5.74, 6) is 2.10. The molecule has 2 aromatic carbocycles. The number of carbonyl (C=O) groups is 1. The average Bonchev–Trinajstić information content (AvgIpc) is 2.68. The first-order valence-electron chi connectivity index (χ1n) is 9.58. The van der Waals surface area contributed by atoms with Crippen LogP contribution in [-0.2, 0) is 11.2 Å². The molecule has 0 aliphatic carbocycles. The predicted molar refractivity (Wildman–Crippen MR) is 112 cm³/mol. The quantitative estimate of drug-likeness (QED) is 0.659. The molecule has 2 aromatic rings. The van der Waals surface area contributed by atoms with E-state index in [0.29, 0.717) is 12.3 Å². The maximum atomic E-state index is 12.4. The van der Waals surface area contributed by atoms with E-state index in [4.69, 9.17) is 14.2 Å². The van der Waals surface area contributed by atoms with Gasteiger partial charge in [-0.15, -0.1) is 0 Å². The summed E-state index contributed by atoms with van der Waals surface area (Å²) in [5, 5.41) is 2.95. The van der Waals surface area contributed by atoms with Gasteiger partial charge in [0.2, 0.25) is 0 Å². The van der Waals surface area contributed by atoms with E-state index >= 15 is 0 Å². The van der Waals surface area contributed by atoms with Gasteiger partial charge in [-0.05, 0) is 81.0 Å². The van der Waals surface area contributed by atoms with Crippen molar-refractivity contribution >= 4 is 5.91 Å². The Bertz CT molecular complexity index is 816. The summed E-state index contributed by atoms with van der Waals surface area (Å²) in [7, 11) is 3.25. The number of ether oxygens (including phenoxy) is 3. The van der Waals surface area contributed by atoms with Gasteiger partial charge in [-0.1, -0.05) is 12.1 Å². The molecule has 5 heteroatoms. The Hall–Kier alpha value is -2.69. The molecular weight excluding hydrogens is 354 g/mol. The van der Waals surface area contributed by atoms with Crippen LogP contribution < -0.4 is 19.5 Å². The van der Waals surface area contributed by atoms with Crippen molar-refractivity contribution in [3.8, 4) is 17.2 Å². The lowest BCUT2D eigenvalue weighted by Crippen LogP contribution is -2.37. The van der Waals surface area contributed by atoms with Crippen molar-refractivity contribution in [3.63, 3.8) is 0 Å². The van der Waals surface area contributed by atoms with E-state index in [1.54, 1.807) is 21.1 Å². The van der Waals surface area contributed by atoms with E-state index in [-0.39, 0.29) is 5.91 Å². The van der Waals surface area contributed by atoms with E-state index < -0.39 is 6.10 Å². The SMILES string of the molecule is COc1ccc(CCCNC(=O)[C@H](C)Oc2cc(C)cc(C)c2C)cc1OC. The van der Waals surface area contributed by atoms with Crippen LogP contribution in [0.25, 0.3) is 0 Å². The minimum atomic E-state index is -0.541. The Morgan fingerprint density at radius 2 is 1.71 bits per heavy atom. The van der Waals surface area contributed by atoms with Crippen LogP contribution in [0, 0.1) is 20.8 Å². The van der Waals surface area contributed by atoms with Crippen LogP contribution in [-0.4, -0.2) is 32.8 Å². The highest BCUT2D eigenvalue weighted by molar-refractivity contribution is 5.80. The van der Waals surface area contributed by atoms with Gasteiger partial charge < -0.3 is 19.5 Å². The second kappa shape index (κ2) is 10.0. The van der Waals surface area contributed by atoms with Gasteiger partial charge in [-0.25, -0.2) is 0 Å². The Morgan fingerprint density at radius 3 is 2.39 bits per heavy atom. The molecular formula is C23H31NO4. The summed E-state index contributed by atoms with van der Waals surface area (Å²) in [5.41, 5.74) is 4.50. The predicted octanol–water partition coefficient (Wildman–Crippen LogP) is 4.15. The number of carbonyl (C=O) groups excluding carboxylic acids is 1. The van der Waals surface area contributed by atoms with Gasteiger partial charge in [0.15, 0.2) is 17.6 Å². The lowest BCUT2D eigenvalue weighted by atomic mass is 10.1. The number of hydrogen-bond donors (Lipinski definition) is 1. The summed E-state index contributed by atoms with van der Waals surface area (Å²) in [6.07, 6.45) is 1.13. The second-order valence-electron chi connectivity index (χ2n) is 7.05. The third-order valence-corrected chi connectivity index (χ3v) is 4.83. The largest absolute Gasteiger partial charge is 0.493 e. The van der Waals surface area contributed by atoms with Gasteiger partial charge >= 0.3 is 0 Å². The second-order valence-corrected chi connectivity index (χ2v) is 7.05. The van der Waals surface area contributed by atoms with Gasteiger partial charge in [0.05, 0.1) is 14.2 Å². The molecule has 0 unspecified atom stereocenters. The Labute approximate surface area is 168 Å². The molecule has 0 spiro atoms. The fourth-order valence-corrected chi connectivity index (χ4v) is 3.05. The standard InChI is InChI=1S/C23H31NO4/c1-15-12-16(2)17(3)21(13-15)28-18(4)23(25)24-11-7-8-19-9-10-20(26-5)22(14-19)27-6/h9-10,12-14,18H,7-8,11H2,1-6H3,(H,24,25)/t18-/m0/s1. The molecule has 0 radical (unpaired) electrons. The zero-order valence-electron chi connectivity index (χ0n) is 17.7. The zero-order chi connectivity index (χ0) is 20.7. The van der Waals surface area contributed by atoms with Crippen molar-refractivity contribution in [2.75, 3.05) is 20.8 Å². The summed E-state index contributed by atoms with van der Waals surface area (Å²) in [6, 6.07) is 9.96. The van der Waals surface area contributed by atoms with Crippen LogP contribution >= 0.6 is 0 Å².